The first-order valence-corrected chi connectivity index (χ1v) is 13.0. The molecule has 1 saturated heterocycles. The summed E-state index contributed by atoms with van der Waals surface area (Å²) >= 11 is 1.60. The van der Waals surface area contributed by atoms with Gasteiger partial charge in [0, 0.05) is 24.3 Å². The molecule has 6 heteroatoms. The highest BCUT2D eigenvalue weighted by Crippen LogP contribution is 2.32. The fraction of sp³-hybridized carbons (Fsp3) is 0.200. The van der Waals surface area contributed by atoms with Gasteiger partial charge in [-0.25, -0.2) is 4.98 Å². The number of hydrogen-bond donors (Lipinski definition) is 1. The van der Waals surface area contributed by atoms with Gasteiger partial charge >= 0.3 is 0 Å². The lowest BCUT2D eigenvalue weighted by Crippen LogP contribution is -2.39. The average Bonchev–Trinajstić information content (AvgIpc) is 3.37. The zero-order chi connectivity index (χ0) is 23.6. The summed E-state index contributed by atoms with van der Waals surface area (Å²) in [5.41, 5.74) is 7.73. The minimum absolute atomic E-state index is 0. The molecule has 0 bridgehead atoms. The molecule has 1 N–H and O–H groups in total. The van der Waals surface area contributed by atoms with Crippen LogP contribution in [-0.4, -0.2) is 28.9 Å². The van der Waals surface area contributed by atoms with Crippen molar-refractivity contribution in [2.75, 3.05) is 18.4 Å². The molecule has 1 aliphatic heterocycles. The lowest BCUT2D eigenvalue weighted by molar-refractivity contribution is 0.102. The van der Waals surface area contributed by atoms with Gasteiger partial charge in [0.15, 0.2) is 0 Å². The van der Waals surface area contributed by atoms with Crippen molar-refractivity contribution in [3.05, 3.63) is 108 Å². The van der Waals surface area contributed by atoms with Crippen molar-refractivity contribution >= 4 is 45.6 Å². The van der Waals surface area contributed by atoms with Crippen LogP contribution >= 0.6 is 23.7 Å². The van der Waals surface area contributed by atoms with Crippen LogP contribution in [-0.2, 0) is 6.54 Å². The number of piperidine rings is 1. The number of likely N-dealkylation sites (tertiary alicyclic amines) is 1. The molecule has 6 rings (SSSR count). The van der Waals surface area contributed by atoms with E-state index in [4.69, 9.17) is 0 Å². The Morgan fingerprint density at radius 3 is 2.69 bits per heavy atom. The number of allylic oxidation sites excluding steroid dienone is 3. The Balaban J connectivity index is 0.00000267. The molecule has 4 aromatic rings. The molecular weight excluding hydrogens is 486 g/mol. The average molecular weight is 514 g/mol. The number of amides is 1. The van der Waals surface area contributed by atoms with Crippen LogP contribution in [0.4, 0.5) is 5.69 Å². The molecule has 0 radical (unpaired) electrons. The van der Waals surface area contributed by atoms with Crippen molar-refractivity contribution in [2.24, 2.45) is 11.8 Å². The molecule has 3 aromatic carbocycles. The van der Waals surface area contributed by atoms with Gasteiger partial charge in [0.1, 0.15) is 0 Å². The predicted octanol–water partition coefficient (Wildman–Crippen LogP) is 7.20. The molecule has 1 aromatic heterocycles. The summed E-state index contributed by atoms with van der Waals surface area (Å²) in [5.74, 6) is 1.12. The van der Waals surface area contributed by atoms with Crippen molar-refractivity contribution < 1.29 is 4.79 Å². The molecule has 36 heavy (non-hydrogen) atoms. The van der Waals surface area contributed by atoms with Gasteiger partial charge in [0.05, 0.1) is 15.7 Å². The SMILES string of the molecule is Cl.O=C(Nc1ccc2scnc2c1)c1ccc(-c2ccccc2)c(CN2CCC3C=CC=CC3C2)c1. The molecule has 1 aliphatic carbocycles. The van der Waals surface area contributed by atoms with Crippen molar-refractivity contribution in [1.82, 2.24) is 9.88 Å². The number of nitrogens with zero attached hydrogens (tertiary/aromatic N) is 2. The predicted molar refractivity (Wildman–Crippen MR) is 152 cm³/mol. The lowest BCUT2D eigenvalue weighted by atomic mass is 9.82. The fourth-order valence-corrected chi connectivity index (χ4v) is 5.87. The number of halogens is 1. The Bertz CT molecular complexity index is 1430. The van der Waals surface area contributed by atoms with Crippen molar-refractivity contribution in [3.63, 3.8) is 0 Å². The summed E-state index contributed by atoms with van der Waals surface area (Å²) < 4.78 is 1.12. The second-order valence-corrected chi connectivity index (χ2v) is 10.2. The number of carbonyl (C=O) groups excluding carboxylic acids is 1. The summed E-state index contributed by atoms with van der Waals surface area (Å²) in [7, 11) is 0. The van der Waals surface area contributed by atoms with Gasteiger partial charge < -0.3 is 5.32 Å². The minimum Gasteiger partial charge on any atom is -0.322 e. The quantitative estimate of drug-likeness (QED) is 0.307. The third-order valence-corrected chi connectivity index (χ3v) is 7.87. The van der Waals surface area contributed by atoms with Crippen LogP contribution in [0.5, 0.6) is 0 Å². The zero-order valence-corrected chi connectivity index (χ0v) is 21.5. The third kappa shape index (κ3) is 5.14. The summed E-state index contributed by atoms with van der Waals surface area (Å²) in [6.45, 7) is 2.94. The van der Waals surface area contributed by atoms with Gasteiger partial charge in [-0.1, -0.05) is 60.7 Å². The molecule has 2 atom stereocenters. The second kappa shape index (κ2) is 10.8. The van der Waals surface area contributed by atoms with Crippen LogP contribution in [0, 0.1) is 11.8 Å². The molecular formula is C30H28ClN3OS. The van der Waals surface area contributed by atoms with Crippen LogP contribution in [0.25, 0.3) is 21.3 Å². The standard InChI is InChI=1S/C30H27N3OS.ClH/c34-30(32-26-11-13-29-28(17-26)31-20-35-29)23-10-12-27(22-7-2-1-3-8-22)25(16-23)19-33-15-14-21-6-4-5-9-24(21)18-33;/h1-13,16-17,20-21,24H,14-15,18-19H2,(H,32,34);1H. The molecule has 2 heterocycles. The molecule has 1 fully saturated rings. The maximum absolute atomic E-state index is 13.2. The van der Waals surface area contributed by atoms with Gasteiger partial charge in [0.25, 0.3) is 5.91 Å². The molecule has 4 nitrogen and oxygen atoms in total. The molecule has 0 saturated carbocycles. The summed E-state index contributed by atoms with van der Waals surface area (Å²) in [4.78, 5) is 20.1. The number of rotatable bonds is 5. The first-order chi connectivity index (χ1) is 17.2. The Hall–Kier alpha value is -3.25. The maximum atomic E-state index is 13.2. The van der Waals surface area contributed by atoms with Crippen LogP contribution in [0.1, 0.15) is 22.3 Å². The Morgan fingerprint density at radius 1 is 1.00 bits per heavy atom. The number of anilines is 1. The highest BCUT2D eigenvalue weighted by atomic mass is 35.5. The third-order valence-electron chi connectivity index (χ3n) is 7.06. The normalized spacial score (nSPS) is 19.0. The molecule has 2 unspecified atom stereocenters. The Labute approximate surface area is 221 Å². The van der Waals surface area contributed by atoms with Gasteiger partial charge in [-0.05, 0) is 71.8 Å². The Kier molecular flexibility index (Phi) is 7.33. The zero-order valence-electron chi connectivity index (χ0n) is 19.8. The smallest absolute Gasteiger partial charge is 0.255 e. The number of fused-ring (bicyclic) bond motifs is 2. The van der Waals surface area contributed by atoms with Crippen LogP contribution in [0.15, 0.2) is 96.5 Å². The highest BCUT2D eigenvalue weighted by Gasteiger charge is 2.27. The van der Waals surface area contributed by atoms with Gasteiger partial charge in [-0.3, -0.25) is 9.69 Å². The fourth-order valence-electron chi connectivity index (χ4n) is 5.22. The summed E-state index contributed by atoms with van der Waals surface area (Å²) in [6, 6.07) is 22.4. The summed E-state index contributed by atoms with van der Waals surface area (Å²) in [5, 5.41) is 3.06. The monoisotopic (exact) mass is 513 g/mol. The van der Waals surface area contributed by atoms with E-state index < -0.39 is 0 Å². The van der Waals surface area contributed by atoms with Crippen molar-refractivity contribution in [1.29, 1.82) is 0 Å². The van der Waals surface area contributed by atoms with E-state index in [0.717, 1.165) is 35.5 Å². The molecule has 2 aliphatic rings. The topological polar surface area (TPSA) is 45.2 Å². The minimum atomic E-state index is -0.0977. The first kappa shape index (κ1) is 24.4. The lowest BCUT2D eigenvalue weighted by Gasteiger charge is -2.37. The number of hydrogen-bond acceptors (Lipinski definition) is 4. The van der Waals surface area contributed by atoms with Gasteiger partial charge in [-0.15, -0.1) is 23.7 Å². The van der Waals surface area contributed by atoms with E-state index in [2.05, 4.69) is 75.9 Å². The molecule has 1 amide bonds. The Morgan fingerprint density at radius 2 is 1.83 bits per heavy atom. The van der Waals surface area contributed by atoms with Crippen molar-refractivity contribution in [2.45, 2.75) is 13.0 Å². The van der Waals surface area contributed by atoms with E-state index in [9.17, 15) is 4.79 Å². The van der Waals surface area contributed by atoms with Gasteiger partial charge in [-0.2, -0.15) is 0 Å². The van der Waals surface area contributed by atoms with E-state index in [0.29, 0.717) is 17.4 Å². The number of thiazole rings is 1. The maximum Gasteiger partial charge on any atom is 0.255 e. The van der Waals surface area contributed by atoms with E-state index >= 15 is 0 Å². The number of carbonyl (C=O) groups is 1. The van der Waals surface area contributed by atoms with E-state index in [1.165, 1.54) is 23.1 Å². The number of benzene rings is 3. The van der Waals surface area contributed by atoms with Gasteiger partial charge in [0.2, 0.25) is 0 Å². The van der Waals surface area contributed by atoms with E-state index in [1.807, 2.05) is 35.8 Å². The number of aromatic nitrogens is 1. The number of nitrogens with one attached hydrogen (secondary N) is 1. The molecule has 182 valence electrons. The van der Waals surface area contributed by atoms with Crippen LogP contribution in [0.2, 0.25) is 0 Å². The van der Waals surface area contributed by atoms with Crippen LogP contribution in [0.3, 0.4) is 0 Å². The molecule has 0 spiro atoms. The first-order valence-electron chi connectivity index (χ1n) is 12.1. The van der Waals surface area contributed by atoms with E-state index in [1.54, 1.807) is 11.3 Å². The van der Waals surface area contributed by atoms with Crippen LogP contribution < -0.4 is 5.32 Å². The highest BCUT2D eigenvalue weighted by molar-refractivity contribution is 7.16. The van der Waals surface area contributed by atoms with Crippen molar-refractivity contribution in [3.8, 4) is 11.1 Å². The summed E-state index contributed by atoms with van der Waals surface area (Å²) in [6.07, 6.45) is 10.2. The largest absolute Gasteiger partial charge is 0.322 e. The van der Waals surface area contributed by atoms with E-state index in [-0.39, 0.29) is 18.3 Å². The second-order valence-electron chi connectivity index (χ2n) is 9.35.